The number of benzene rings is 1. The fraction of sp³-hybridized carbons (Fsp3) is 0.231. The Bertz CT molecular complexity index is 644. The van der Waals surface area contributed by atoms with Crippen molar-refractivity contribution in [1.29, 1.82) is 5.26 Å². The van der Waals surface area contributed by atoms with Crippen LogP contribution in [0.3, 0.4) is 0 Å². The Morgan fingerprint density at radius 1 is 1.45 bits per heavy atom. The molecule has 0 unspecified atom stereocenters. The van der Waals surface area contributed by atoms with Crippen molar-refractivity contribution in [2.45, 2.75) is 13.1 Å². The van der Waals surface area contributed by atoms with Crippen LogP contribution in [0.5, 0.6) is 0 Å². The normalized spacial score (nSPS) is 10.1. The van der Waals surface area contributed by atoms with Crippen molar-refractivity contribution in [2.75, 3.05) is 7.05 Å². The molecule has 6 nitrogen and oxygen atoms in total. The van der Waals surface area contributed by atoms with Gasteiger partial charge in [-0.15, -0.1) is 5.10 Å². The summed E-state index contributed by atoms with van der Waals surface area (Å²) in [5.74, 6) is -0.461. The fourth-order valence-corrected chi connectivity index (χ4v) is 1.63. The number of rotatable bonds is 4. The molecule has 1 aromatic carbocycles. The molecule has 102 valence electrons. The molecule has 7 heteroatoms. The molecular formula is C13H12FN5O. The van der Waals surface area contributed by atoms with Crippen molar-refractivity contribution < 1.29 is 9.18 Å². The minimum Gasteiger partial charge on any atom is -0.340 e. The van der Waals surface area contributed by atoms with Gasteiger partial charge in [0.15, 0.2) is 0 Å². The van der Waals surface area contributed by atoms with Crippen LogP contribution in [0.15, 0.2) is 30.6 Å². The second kappa shape index (κ2) is 5.93. The van der Waals surface area contributed by atoms with Gasteiger partial charge in [-0.3, -0.25) is 4.79 Å². The number of likely N-dealkylation sites (N-methyl/N-ethyl adjacent to an activating group) is 1. The smallest absolute Gasteiger partial charge is 0.252 e. The van der Waals surface area contributed by atoms with Crippen molar-refractivity contribution in [3.05, 3.63) is 47.8 Å². The Hall–Kier alpha value is -2.75. The monoisotopic (exact) mass is 273 g/mol. The van der Waals surface area contributed by atoms with Crippen LogP contribution in [0, 0.1) is 17.1 Å². The highest BCUT2D eigenvalue weighted by Gasteiger charge is 2.11. The highest BCUT2D eigenvalue weighted by atomic mass is 19.1. The van der Waals surface area contributed by atoms with Crippen LogP contribution in [-0.4, -0.2) is 32.6 Å². The van der Waals surface area contributed by atoms with E-state index in [0.717, 1.165) is 5.56 Å². The van der Waals surface area contributed by atoms with Crippen LogP contribution in [-0.2, 0) is 17.9 Å². The molecular weight excluding hydrogens is 261 g/mol. The van der Waals surface area contributed by atoms with E-state index in [4.69, 9.17) is 5.26 Å². The molecule has 0 spiro atoms. The van der Waals surface area contributed by atoms with E-state index >= 15 is 0 Å². The topological polar surface area (TPSA) is 74.8 Å². The summed E-state index contributed by atoms with van der Waals surface area (Å²) >= 11 is 0. The van der Waals surface area contributed by atoms with Crippen molar-refractivity contribution in [1.82, 2.24) is 19.7 Å². The predicted molar refractivity (Wildman–Crippen MR) is 67.6 cm³/mol. The van der Waals surface area contributed by atoms with E-state index in [1.807, 2.05) is 0 Å². The Morgan fingerprint density at radius 2 is 2.15 bits per heavy atom. The second-order valence-electron chi connectivity index (χ2n) is 4.25. The SMILES string of the molecule is CN(Cc1ccc(F)cc1)C(=O)Cn1cnc(C#N)n1. The van der Waals surface area contributed by atoms with E-state index in [1.165, 1.54) is 28.0 Å². The molecule has 0 N–H and O–H groups in total. The molecule has 1 amide bonds. The van der Waals surface area contributed by atoms with Gasteiger partial charge in [0.1, 0.15) is 24.8 Å². The summed E-state index contributed by atoms with van der Waals surface area (Å²) in [5, 5.41) is 12.4. The second-order valence-corrected chi connectivity index (χ2v) is 4.25. The molecule has 0 aliphatic rings. The van der Waals surface area contributed by atoms with E-state index in [1.54, 1.807) is 25.2 Å². The van der Waals surface area contributed by atoms with E-state index in [2.05, 4.69) is 10.1 Å². The van der Waals surface area contributed by atoms with E-state index in [0.29, 0.717) is 6.54 Å². The Balaban J connectivity index is 1.95. The van der Waals surface area contributed by atoms with E-state index in [9.17, 15) is 9.18 Å². The van der Waals surface area contributed by atoms with Crippen LogP contribution in [0.1, 0.15) is 11.4 Å². The lowest BCUT2D eigenvalue weighted by atomic mass is 10.2. The minimum absolute atomic E-state index is 0.00632. The lowest BCUT2D eigenvalue weighted by Crippen LogP contribution is -2.30. The number of halogens is 1. The average Bonchev–Trinajstić information content (AvgIpc) is 2.89. The largest absolute Gasteiger partial charge is 0.340 e. The first-order valence-corrected chi connectivity index (χ1v) is 5.86. The molecule has 2 aromatic rings. The highest BCUT2D eigenvalue weighted by molar-refractivity contribution is 5.75. The van der Waals surface area contributed by atoms with Crippen molar-refractivity contribution >= 4 is 5.91 Å². The maximum absolute atomic E-state index is 12.8. The summed E-state index contributed by atoms with van der Waals surface area (Å²) < 4.78 is 14.1. The number of hydrogen-bond acceptors (Lipinski definition) is 4. The number of amides is 1. The number of aromatic nitrogens is 3. The minimum atomic E-state index is -0.311. The van der Waals surface area contributed by atoms with Crippen LogP contribution >= 0.6 is 0 Å². The summed E-state index contributed by atoms with van der Waals surface area (Å²) in [7, 11) is 1.65. The van der Waals surface area contributed by atoms with Crippen LogP contribution in [0.25, 0.3) is 0 Å². The average molecular weight is 273 g/mol. The van der Waals surface area contributed by atoms with Gasteiger partial charge in [0, 0.05) is 13.6 Å². The molecule has 2 rings (SSSR count). The molecule has 0 atom stereocenters. The first kappa shape index (κ1) is 13.7. The summed E-state index contributed by atoms with van der Waals surface area (Å²) in [6, 6.07) is 7.75. The zero-order valence-electron chi connectivity index (χ0n) is 10.8. The van der Waals surface area contributed by atoms with Gasteiger partial charge in [-0.2, -0.15) is 5.26 Å². The number of nitrogens with zero attached hydrogens (tertiary/aromatic N) is 5. The third-order valence-electron chi connectivity index (χ3n) is 2.69. The van der Waals surface area contributed by atoms with Crippen LogP contribution in [0.2, 0.25) is 0 Å². The summed E-state index contributed by atoms with van der Waals surface area (Å²) in [5.41, 5.74) is 0.832. The van der Waals surface area contributed by atoms with Crippen LogP contribution < -0.4 is 0 Å². The van der Waals surface area contributed by atoms with Gasteiger partial charge in [-0.25, -0.2) is 14.1 Å². The van der Waals surface area contributed by atoms with Gasteiger partial charge in [0.05, 0.1) is 0 Å². The van der Waals surface area contributed by atoms with E-state index < -0.39 is 0 Å². The van der Waals surface area contributed by atoms with Gasteiger partial charge < -0.3 is 4.90 Å². The Morgan fingerprint density at radius 3 is 2.75 bits per heavy atom. The third-order valence-corrected chi connectivity index (χ3v) is 2.69. The predicted octanol–water partition coefficient (Wildman–Crippen LogP) is 0.947. The van der Waals surface area contributed by atoms with Crippen molar-refractivity contribution in [3.8, 4) is 6.07 Å². The number of nitriles is 1. The Labute approximate surface area is 115 Å². The standard InChI is InChI=1S/C13H12FN5O/c1-18(7-10-2-4-11(14)5-3-10)13(20)8-19-9-16-12(6-15)17-19/h2-5,9H,7-8H2,1H3. The molecule has 0 bridgehead atoms. The van der Waals surface area contributed by atoms with Gasteiger partial charge in [0.25, 0.3) is 5.82 Å². The molecule has 0 radical (unpaired) electrons. The summed E-state index contributed by atoms with van der Waals surface area (Å²) in [6.07, 6.45) is 1.34. The van der Waals surface area contributed by atoms with Crippen molar-refractivity contribution in [2.24, 2.45) is 0 Å². The van der Waals surface area contributed by atoms with Gasteiger partial charge in [0.2, 0.25) is 5.91 Å². The van der Waals surface area contributed by atoms with Crippen LogP contribution in [0.4, 0.5) is 4.39 Å². The molecule has 0 aliphatic heterocycles. The van der Waals surface area contributed by atoms with Gasteiger partial charge in [-0.1, -0.05) is 12.1 Å². The highest BCUT2D eigenvalue weighted by Crippen LogP contribution is 2.06. The number of hydrogen-bond donors (Lipinski definition) is 0. The number of carbonyl (C=O) groups excluding carboxylic acids is 1. The maximum atomic E-state index is 12.8. The third kappa shape index (κ3) is 3.38. The molecule has 1 aromatic heterocycles. The first-order valence-electron chi connectivity index (χ1n) is 5.86. The van der Waals surface area contributed by atoms with Gasteiger partial charge in [-0.05, 0) is 17.7 Å². The molecule has 0 aliphatic carbocycles. The molecule has 0 saturated heterocycles. The Kier molecular flexibility index (Phi) is 4.05. The quantitative estimate of drug-likeness (QED) is 0.831. The molecule has 1 heterocycles. The molecule has 20 heavy (non-hydrogen) atoms. The van der Waals surface area contributed by atoms with E-state index in [-0.39, 0.29) is 24.1 Å². The summed E-state index contributed by atoms with van der Waals surface area (Å²) in [6.45, 7) is 0.380. The molecule has 0 saturated carbocycles. The van der Waals surface area contributed by atoms with Crippen molar-refractivity contribution in [3.63, 3.8) is 0 Å². The van der Waals surface area contributed by atoms with Gasteiger partial charge >= 0.3 is 0 Å². The lowest BCUT2D eigenvalue weighted by Gasteiger charge is -2.17. The zero-order chi connectivity index (χ0) is 14.5. The maximum Gasteiger partial charge on any atom is 0.252 e. The first-order chi connectivity index (χ1) is 9.58. The fourth-order valence-electron chi connectivity index (χ4n) is 1.63. The zero-order valence-corrected chi connectivity index (χ0v) is 10.8. The summed E-state index contributed by atoms with van der Waals surface area (Å²) in [4.78, 5) is 17.2. The molecule has 0 fully saturated rings. The lowest BCUT2D eigenvalue weighted by molar-refractivity contribution is -0.131. The number of carbonyl (C=O) groups is 1.